The Kier molecular flexibility index (Phi) is 6.94. The molecule has 1 rings (SSSR count). The number of unbranched alkanes of at least 4 members (excludes halogenated alkanes) is 3. The van der Waals surface area contributed by atoms with Crippen LogP contribution in [-0.2, 0) is 0 Å². The van der Waals surface area contributed by atoms with Crippen molar-refractivity contribution < 1.29 is 4.39 Å². The van der Waals surface area contributed by atoms with Gasteiger partial charge in [-0.15, -0.1) is 6.58 Å². The number of nitrogens with two attached hydrogens (primary N) is 1. The first-order chi connectivity index (χ1) is 8.70. The van der Waals surface area contributed by atoms with Crippen molar-refractivity contribution in [3.05, 3.63) is 47.3 Å². The first-order valence-electron chi connectivity index (χ1n) is 6.21. The summed E-state index contributed by atoms with van der Waals surface area (Å²) in [6, 6.07) is 4.71. The van der Waals surface area contributed by atoms with Crippen molar-refractivity contribution in [3.8, 4) is 0 Å². The van der Waals surface area contributed by atoms with Gasteiger partial charge in [0.25, 0.3) is 0 Å². The van der Waals surface area contributed by atoms with E-state index in [1.807, 2.05) is 6.08 Å². The molecule has 0 bridgehead atoms. The van der Waals surface area contributed by atoms with Crippen molar-refractivity contribution in [2.75, 3.05) is 0 Å². The summed E-state index contributed by atoms with van der Waals surface area (Å²) in [4.78, 5) is 0. The van der Waals surface area contributed by atoms with E-state index in [1.165, 1.54) is 6.07 Å². The number of allylic oxidation sites excluding steroid dienone is 1. The first kappa shape index (κ1) is 15.2. The molecule has 0 aromatic heterocycles. The number of nitrogens with one attached hydrogen (secondary N) is 1. The van der Waals surface area contributed by atoms with Crippen LogP contribution in [0, 0.1) is 5.82 Å². The molecule has 1 atom stereocenters. The molecule has 0 amide bonds. The molecule has 0 fully saturated rings. The normalized spacial score (nSPS) is 12.4. The number of hydrogen-bond donors (Lipinski definition) is 2. The molecule has 3 N–H and O–H groups in total. The third kappa shape index (κ3) is 4.41. The lowest BCUT2D eigenvalue weighted by Crippen LogP contribution is -2.28. The zero-order valence-electron chi connectivity index (χ0n) is 10.5. The summed E-state index contributed by atoms with van der Waals surface area (Å²) in [5.41, 5.74) is 3.43. The van der Waals surface area contributed by atoms with Gasteiger partial charge < -0.3 is 0 Å². The highest BCUT2D eigenvalue weighted by molar-refractivity contribution is 6.31. The summed E-state index contributed by atoms with van der Waals surface area (Å²) in [7, 11) is 0. The van der Waals surface area contributed by atoms with E-state index in [1.54, 1.807) is 12.1 Å². The second-order valence-corrected chi connectivity index (χ2v) is 4.67. The number of benzene rings is 1. The van der Waals surface area contributed by atoms with Gasteiger partial charge in [-0.25, -0.2) is 4.39 Å². The van der Waals surface area contributed by atoms with E-state index in [2.05, 4.69) is 12.0 Å². The summed E-state index contributed by atoms with van der Waals surface area (Å²) in [5.74, 6) is 5.12. The molecule has 0 radical (unpaired) electrons. The van der Waals surface area contributed by atoms with Gasteiger partial charge in [-0.3, -0.25) is 11.3 Å². The van der Waals surface area contributed by atoms with Crippen molar-refractivity contribution in [2.24, 2.45) is 5.84 Å². The van der Waals surface area contributed by atoms with Crippen molar-refractivity contribution >= 4 is 11.6 Å². The molecule has 18 heavy (non-hydrogen) atoms. The topological polar surface area (TPSA) is 38.0 Å². The smallest absolute Gasteiger partial charge is 0.142 e. The van der Waals surface area contributed by atoms with Crippen LogP contribution in [0.2, 0.25) is 5.02 Å². The van der Waals surface area contributed by atoms with Gasteiger partial charge in [0, 0.05) is 6.04 Å². The highest BCUT2D eigenvalue weighted by Crippen LogP contribution is 2.28. The minimum absolute atomic E-state index is 0.100. The van der Waals surface area contributed by atoms with Crippen LogP contribution in [0.5, 0.6) is 0 Å². The molecule has 1 aromatic carbocycles. The van der Waals surface area contributed by atoms with Crippen molar-refractivity contribution in [3.63, 3.8) is 0 Å². The fraction of sp³-hybridized carbons (Fsp3) is 0.429. The van der Waals surface area contributed by atoms with Gasteiger partial charge in [0.15, 0.2) is 0 Å². The van der Waals surface area contributed by atoms with Crippen LogP contribution in [0.3, 0.4) is 0 Å². The minimum Gasteiger partial charge on any atom is -0.271 e. The molecule has 0 saturated carbocycles. The zero-order valence-corrected chi connectivity index (χ0v) is 11.2. The number of hydrogen-bond acceptors (Lipinski definition) is 2. The average Bonchev–Trinajstić information content (AvgIpc) is 2.38. The Morgan fingerprint density at radius 1 is 1.39 bits per heavy atom. The largest absolute Gasteiger partial charge is 0.271 e. The van der Waals surface area contributed by atoms with E-state index in [9.17, 15) is 4.39 Å². The minimum atomic E-state index is -0.402. The van der Waals surface area contributed by atoms with Gasteiger partial charge in [0.1, 0.15) is 5.82 Å². The fourth-order valence-electron chi connectivity index (χ4n) is 1.93. The highest BCUT2D eigenvalue weighted by Gasteiger charge is 2.15. The van der Waals surface area contributed by atoms with Crippen LogP contribution < -0.4 is 11.3 Å². The van der Waals surface area contributed by atoms with Gasteiger partial charge in [0.2, 0.25) is 0 Å². The monoisotopic (exact) mass is 270 g/mol. The molecule has 0 aliphatic carbocycles. The molecule has 0 aliphatic heterocycles. The predicted octanol–water partition coefficient (Wildman–Crippen LogP) is 4.12. The second-order valence-electron chi connectivity index (χ2n) is 4.29. The van der Waals surface area contributed by atoms with Gasteiger partial charge >= 0.3 is 0 Å². The maximum Gasteiger partial charge on any atom is 0.142 e. The van der Waals surface area contributed by atoms with E-state index in [4.69, 9.17) is 17.4 Å². The number of halogens is 2. The van der Waals surface area contributed by atoms with Crippen molar-refractivity contribution in [1.29, 1.82) is 0 Å². The standard InChI is InChI=1S/C14H20ClFN2/c1-2-3-4-5-6-10-13(18-17)11-8-7-9-12(16)14(11)15/h2,7-9,13,18H,1,3-6,10,17H2. The summed E-state index contributed by atoms with van der Waals surface area (Å²) in [6.45, 7) is 3.69. The Morgan fingerprint density at radius 2 is 2.17 bits per heavy atom. The quantitative estimate of drug-likeness (QED) is 0.323. The molecule has 0 aliphatic rings. The van der Waals surface area contributed by atoms with Crippen molar-refractivity contribution in [2.45, 2.75) is 38.1 Å². The maximum absolute atomic E-state index is 13.4. The van der Waals surface area contributed by atoms with Crippen molar-refractivity contribution in [1.82, 2.24) is 5.43 Å². The second kappa shape index (κ2) is 8.25. The Morgan fingerprint density at radius 3 is 2.83 bits per heavy atom. The predicted molar refractivity (Wildman–Crippen MR) is 74.8 cm³/mol. The molecular formula is C14H20ClFN2. The lowest BCUT2D eigenvalue weighted by Gasteiger charge is -2.17. The number of hydrazine groups is 1. The zero-order chi connectivity index (χ0) is 13.4. The summed E-state index contributed by atoms with van der Waals surface area (Å²) >= 11 is 5.95. The van der Waals surface area contributed by atoms with E-state index in [0.29, 0.717) is 0 Å². The first-order valence-corrected chi connectivity index (χ1v) is 6.59. The molecule has 0 heterocycles. The third-order valence-electron chi connectivity index (χ3n) is 2.96. The summed E-state index contributed by atoms with van der Waals surface area (Å²) in [5, 5.41) is 0.159. The maximum atomic E-state index is 13.4. The van der Waals surface area contributed by atoms with Crippen LogP contribution in [-0.4, -0.2) is 0 Å². The van der Waals surface area contributed by atoms with Gasteiger partial charge in [0.05, 0.1) is 5.02 Å². The Labute approximate surface area is 113 Å². The van der Waals surface area contributed by atoms with Crippen LogP contribution in [0.4, 0.5) is 4.39 Å². The highest BCUT2D eigenvalue weighted by atomic mass is 35.5. The van der Waals surface area contributed by atoms with Crippen LogP contribution in [0.1, 0.15) is 43.7 Å². The average molecular weight is 271 g/mol. The summed E-state index contributed by atoms with van der Waals surface area (Å²) < 4.78 is 13.4. The molecule has 1 unspecified atom stereocenters. The molecule has 2 nitrogen and oxygen atoms in total. The molecule has 0 saturated heterocycles. The fourth-order valence-corrected chi connectivity index (χ4v) is 2.19. The van der Waals surface area contributed by atoms with E-state index in [0.717, 1.165) is 37.7 Å². The Hall–Kier alpha value is -0.900. The molecule has 4 heteroatoms. The summed E-state index contributed by atoms with van der Waals surface area (Å²) in [6.07, 6.45) is 7.05. The van der Waals surface area contributed by atoms with Crippen LogP contribution >= 0.6 is 11.6 Å². The van der Waals surface area contributed by atoms with Crippen LogP contribution in [0.25, 0.3) is 0 Å². The van der Waals surface area contributed by atoms with E-state index < -0.39 is 5.82 Å². The lowest BCUT2D eigenvalue weighted by molar-refractivity contribution is 0.481. The third-order valence-corrected chi connectivity index (χ3v) is 3.36. The van der Waals surface area contributed by atoms with E-state index in [-0.39, 0.29) is 11.1 Å². The Bertz CT molecular complexity index is 382. The number of rotatable bonds is 8. The van der Waals surface area contributed by atoms with Gasteiger partial charge in [-0.05, 0) is 30.9 Å². The van der Waals surface area contributed by atoms with Gasteiger partial charge in [-0.1, -0.05) is 42.7 Å². The molecule has 1 aromatic rings. The van der Waals surface area contributed by atoms with E-state index >= 15 is 0 Å². The van der Waals surface area contributed by atoms with Gasteiger partial charge in [-0.2, -0.15) is 0 Å². The molecule has 0 spiro atoms. The molecular weight excluding hydrogens is 251 g/mol. The Balaban J connectivity index is 2.55. The SMILES string of the molecule is C=CCCCCCC(NN)c1cccc(F)c1Cl. The van der Waals surface area contributed by atoms with Crippen LogP contribution in [0.15, 0.2) is 30.9 Å². The molecule has 100 valence electrons. The lowest BCUT2D eigenvalue weighted by atomic mass is 10.0.